The van der Waals surface area contributed by atoms with Gasteiger partial charge in [0.1, 0.15) is 0 Å². The van der Waals surface area contributed by atoms with Crippen molar-refractivity contribution in [2.24, 2.45) is 0 Å². The second-order valence-corrected chi connectivity index (χ2v) is 9.29. The average Bonchev–Trinajstić information content (AvgIpc) is 3.04. The van der Waals surface area contributed by atoms with Gasteiger partial charge >= 0.3 is 0 Å². The Kier molecular flexibility index (Phi) is 7.84. The number of amides is 1. The van der Waals surface area contributed by atoms with Crippen LogP contribution in [0.2, 0.25) is 0 Å². The van der Waals surface area contributed by atoms with Crippen LogP contribution in [0.3, 0.4) is 0 Å². The number of ether oxygens (including phenoxy) is 2. The number of hydrogen-bond acceptors (Lipinski definition) is 5. The van der Waals surface area contributed by atoms with Gasteiger partial charge in [0.15, 0.2) is 0 Å². The maximum Gasteiger partial charge on any atom is 0.243 e. The molecular formula is C20H30N2O5S. The van der Waals surface area contributed by atoms with E-state index in [1.807, 2.05) is 0 Å². The molecule has 2 aliphatic rings. The summed E-state index contributed by atoms with van der Waals surface area (Å²) in [5.41, 5.74) is 0.582. The van der Waals surface area contributed by atoms with E-state index in [2.05, 4.69) is 5.32 Å². The largest absolute Gasteiger partial charge is 0.378 e. The summed E-state index contributed by atoms with van der Waals surface area (Å²) >= 11 is 0. The van der Waals surface area contributed by atoms with Gasteiger partial charge in [-0.05, 0) is 49.9 Å². The van der Waals surface area contributed by atoms with Crippen LogP contribution >= 0.6 is 0 Å². The van der Waals surface area contributed by atoms with Crippen molar-refractivity contribution in [1.29, 1.82) is 0 Å². The standard InChI is InChI=1S/C20H30N2O5S/c23-20(11-15-26-16-18-6-5-14-27-18)21-17-7-9-19(10-8-17)28(24,25)22-12-3-1-2-4-13-22/h7-10,18H,1-6,11-16H2,(H,21,23). The normalized spacial score (nSPS) is 21.4. The highest BCUT2D eigenvalue weighted by Crippen LogP contribution is 2.22. The molecule has 28 heavy (non-hydrogen) atoms. The maximum atomic E-state index is 12.8. The van der Waals surface area contributed by atoms with Crippen molar-refractivity contribution in [1.82, 2.24) is 4.31 Å². The molecule has 1 N–H and O–H groups in total. The summed E-state index contributed by atoms with van der Waals surface area (Å²) in [6.45, 7) is 2.81. The SMILES string of the molecule is O=C(CCOCC1CCCO1)Nc1ccc(S(=O)(=O)N2CCCCCC2)cc1. The molecule has 2 fully saturated rings. The zero-order valence-electron chi connectivity index (χ0n) is 16.3. The molecule has 2 aliphatic heterocycles. The lowest BCUT2D eigenvalue weighted by Crippen LogP contribution is -2.31. The van der Waals surface area contributed by atoms with Gasteiger partial charge in [0.25, 0.3) is 0 Å². The van der Waals surface area contributed by atoms with Crippen LogP contribution in [0.4, 0.5) is 5.69 Å². The van der Waals surface area contributed by atoms with Crippen molar-refractivity contribution in [3.8, 4) is 0 Å². The molecule has 156 valence electrons. The number of carbonyl (C=O) groups is 1. The molecule has 0 aliphatic carbocycles. The molecule has 1 unspecified atom stereocenters. The fraction of sp³-hybridized carbons (Fsp3) is 0.650. The Balaban J connectivity index is 1.46. The number of benzene rings is 1. The van der Waals surface area contributed by atoms with Gasteiger partial charge in [-0.25, -0.2) is 8.42 Å². The van der Waals surface area contributed by atoms with Crippen molar-refractivity contribution in [3.05, 3.63) is 24.3 Å². The Hall–Kier alpha value is -1.48. The van der Waals surface area contributed by atoms with E-state index in [-0.39, 0.29) is 23.3 Å². The Morgan fingerprint density at radius 2 is 1.82 bits per heavy atom. The zero-order valence-corrected chi connectivity index (χ0v) is 17.1. The van der Waals surface area contributed by atoms with E-state index < -0.39 is 10.0 Å². The summed E-state index contributed by atoms with van der Waals surface area (Å²) in [4.78, 5) is 12.3. The molecule has 0 saturated carbocycles. The summed E-state index contributed by atoms with van der Waals surface area (Å²) < 4.78 is 38.1. The maximum absolute atomic E-state index is 12.8. The monoisotopic (exact) mass is 410 g/mol. The van der Waals surface area contributed by atoms with Crippen LogP contribution in [0.25, 0.3) is 0 Å². The number of hydrogen-bond donors (Lipinski definition) is 1. The van der Waals surface area contributed by atoms with Gasteiger partial charge in [-0.2, -0.15) is 4.31 Å². The van der Waals surface area contributed by atoms with Crippen LogP contribution in [0.15, 0.2) is 29.2 Å². The number of carbonyl (C=O) groups excluding carboxylic acids is 1. The Labute approximate surface area is 167 Å². The predicted molar refractivity (Wildman–Crippen MR) is 107 cm³/mol. The molecule has 0 spiro atoms. The van der Waals surface area contributed by atoms with Crippen LogP contribution < -0.4 is 5.32 Å². The van der Waals surface area contributed by atoms with Gasteiger partial charge in [0.05, 0.1) is 30.6 Å². The third-order valence-corrected chi connectivity index (χ3v) is 7.05. The molecule has 1 aromatic rings. The first-order valence-electron chi connectivity index (χ1n) is 10.1. The fourth-order valence-corrected chi connectivity index (χ4v) is 5.04. The molecule has 0 aromatic heterocycles. The van der Waals surface area contributed by atoms with Crippen LogP contribution in [0.1, 0.15) is 44.9 Å². The Morgan fingerprint density at radius 3 is 2.46 bits per heavy atom. The molecule has 1 aromatic carbocycles. The minimum absolute atomic E-state index is 0.154. The van der Waals surface area contributed by atoms with Crippen molar-refractivity contribution in [3.63, 3.8) is 0 Å². The number of anilines is 1. The summed E-state index contributed by atoms with van der Waals surface area (Å²) in [6.07, 6.45) is 6.45. The van der Waals surface area contributed by atoms with Crippen LogP contribution in [-0.4, -0.2) is 57.6 Å². The zero-order chi connectivity index (χ0) is 19.8. The molecule has 0 radical (unpaired) electrons. The van der Waals surface area contributed by atoms with Gasteiger partial charge < -0.3 is 14.8 Å². The molecule has 2 saturated heterocycles. The summed E-state index contributed by atoms with van der Waals surface area (Å²) in [7, 11) is -3.47. The van der Waals surface area contributed by atoms with Crippen LogP contribution in [-0.2, 0) is 24.3 Å². The average molecular weight is 411 g/mol. The van der Waals surface area contributed by atoms with Crippen molar-refractivity contribution >= 4 is 21.6 Å². The minimum Gasteiger partial charge on any atom is -0.378 e. The smallest absolute Gasteiger partial charge is 0.243 e. The molecular weight excluding hydrogens is 380 g/mol. The van der Waals surface area contributed by atoms with Gasteiger partial charge in [-0.15, -0.1) is 0 Å². The lowest BCUT2D eigenvalue weighted by Gasteiger charge is -2.20. The molecule has 8 heteroatoms. The molecule has 1 amide bonds. The molecule has 7 nitrogen and oxygen atoms in total. The van der Waals surface area contributed by atoms with Gasteiger partial charge in [0, 0.05) is 25.4 Å². The lowest BCUT2D eigenvalue weighted by atomic mass is 10.2. The highest BCUT2D eigenvalue weighted by atomic mass is 32.2. The summed E-state index contributed by atoms with van der Waals surface area (Å²) in [5, 5.41) is 2.78. The van der Waals surface area contributed by atoms with Crippen LogP contribution in [0, 0.1) is 0 Å². The second kappa shape index (κ2) is 10.3. The van der Waals surface area contributed by atoms with E-state index in [0.29, 0.717) is 32.0 Å². The van der Waals surface area contributed by atoms with Gasteiger partial charge in [-0.1, -0.05) is 12.8 Å². The van der Waals surface area contributed by atoms with Gasteiger partial charge in [0.2, 0.25) is 15.9 Å². The number of nitrogens with zero attached hydrogens (tertiary/aromatic N) is 1. The first kappa shape index (κ1) is 21.2. The molecule has 3 rings (SSSR count). The van der Waals surface area contributed by atoms with E-state index in [0.717, 1.165) is 45.1 Å². The van der Waals surface area contributed by atoms with Gasteiger partial charge in [-0.3, -0.25) is 4.79 Å². The number of nitrogens with one attached hydrogen (secondary N) is 1. The number of rotatable bonds is 8. The topological polar surface area (TPSA) is 84.9 Å². The van der Waals surface area contributed by atoms with E-state index in [4.69, 9.17) is 9.47 Å². The van der Waals surface area contributed by atoms with E-state index >= 15 is 0 Å². The summed E-state index contributed by atoms with van der Waals surface area (Å²) in [6, 6.07) is 6.39. The Bertz CT molecular complexity index is 721. The first-order valence-corrected chi connectivity index (χ1v) is 11.6. The predicted octanol–water partition coefficient (Wildman–Crippen LogP) is 2.78. The third kappa shape index (κ3) is 6.01. The minimum atomic E-state index is -3.47. The fourth-order valence-electron chi connectivity index (χ4n) is 3.52. The molecule has 2 heterocycles. The molecule has 0 bridgehead atoms. The highest BCUT2D eigenvalue weighted by molar-refractivity contribution is 7.89. The number of sulfonamides is 1. The van der Waals surface area contributed by atoms with E-state index in [9.17, 15) is 13.2 Å². The van der Waals surface area contributed by atoms with E-state index in [1.165, 1.54) is 0 Å². The van der Waals surface area contributed by atoms with Crippen LogP contribution in [0.5, 0.6) is 0 Å². The van der Waals surface area contributed by atoms with Crippen molar-refractivity contribution in [2.45, 2.75) is 55.9 Å². The quantitative estimate of drug-likeness (QED) is 0.666. The first-order chi connectivity index (χ1) is 13.6. The third-order valence-electron chi connectivity index (χ3n) is 5.14. The van der Waals surface area contributed by atoms with Crippen molar-refractivity contribution in [2.75, 3.05) is 38.2 Å². The summed E-state index contributed by atoms with van der Waals surface area (Å²) in [5.74, 6) is -0.157. The van der Waals surface area contributed by atoms with E-state index in [1.54, 1.807) is 28.6 Å². The highest BCUT2D eigenvalue weighted by Gasteiger charge is 2.25. The molecule has 1 atom stereocenters. The second-order valence-electron chi connectivity index (χ2n) is 7.35. The van der Waals surface area contributed by atoms with Crippen molar-refractivity contribution < 1.29 is 22.7 Å². The lowest BCUT2D eigenvalue weighted by molar-refractivity contribution is -0.117. The Morgan fingerprint density at radius 1 is 1.11 bits per heavy atom.